The first-order chi connectivity index (χ1) is 9.44. The molecule has 1 aromatic carbocycles. The molecule has 1 aromatic rings. The molecule has 0 aliphatic carbocycles. The van der Waals surface area contributed by atoms with E-state index in [0.717, 1.165) is 19.3 Å². The Balaban J connectivity index is 2.31. The van der Waals surface area contributed by atoms with Crippen LogP contribution >= 0.6 is 15.9 Å². The summed E-state index contributed by atoms with van der Waals surface area (Å²) in [5.41, 5.74) is -0.0570. The summed E-state index contributed by atoms with van der Waals surface area (Å²) in [7, 11) is -3.99. The first-order valence-electron chi connectivity index (χ1n) is 6.30. The minimum atomic E-state index is -3.99. The van der Waals surface area contributed by atoms with E-state index >= 15 is 0 Å². The molecule has 0 amide bonds. The van der Waals surface area contributed by atoms with Crippen LogP contribution in [0, 0.1) is 5.82 Å². The van der Waals surface area contributed by atoms with E-state index in [1.165, 1.54) is 12.1 Å². The molecular formula is C12H16BrFN2O3S. The zero-order valence-corrected chi connectivity index (χ0v) is 13.2. The summed E-state index contributed by atoms with van der Waals surface area (Å²) in [5, 5.41) is 10.6. The molecule has 112 valence electrons. The minimum Gasteiger partial charge on any atom is -0.392 e. The Morgan fingerprint density at radius 2 is 1.95 bits per heavy atom. The normalized spacial score (nSPS) is 17.4. The van der Waals surface area contributed by atoms with Gasteiger partial charge in [-0.3, -0.25) is 0 Å². The van der Waals surface area contributed by atoms with Crippen LogP contribution in [0.5, 0.6) is 0 Å². The van der Waals surface area contributed by atoms with Gasteiger partial charge in [-0.2, -0.15) is 0 Å². The summed E-state index contributed by atoms with van der Waals surface area (Å²) in [6, 6.07) is 2.55. The summed E-state index contributed by atoms with van der Waals surface area (Å²) in [4.78, 5) is 1.94. The topological polar surface area (TPSA) is 69.6 Å². The molecule has 0 unspecified atom stereocenters. The molecule has 5 nitrogen and oxygen atoms in total. The van der Waals surface area contributed by atoms with Crippen molar-refractivity contribution in [3.05, 3.63) is 28.0 Å². The molecule has 0 aromatic heterocycles. The van der Waals surface area contributed by atoms with Crippen LogP contribution < -0.4 is 4.83 Å². The van der Waals surface area contributed by atoms with Crippen LogP contribution in [0.1, 0.15) is 24.8 Å². The number of piperidine rings is 1. The van der Waals surface area contributed by atoms with E-state index in [2.05, 4.69) is 20.8 Å². The number of hydrogen-bond acceptors (Lipinski definition) is 4. The van der Waals surface area contributed by atoms with Crippen molar-refractivity contribution in [3.63, 3.8) is 0 Å². The maximum atomic E-state index is 14.1. The Bertz CT molecular complexity index is 589. The van der Waals surface area contributed by atoms with Crippen molar-refractivity contribution in [2.45, 2.75) is 30.8 Å². The van der Waals surface area contributed by atoms with Crippen LogP contribution in [0.4, 0.5) is 4.39 Å². The molecule has 0 spiro atoms. The number of aliphatic hydroxyl groups is 1. The number of aliphatic hydroxyl groups excluding tert-OH is 1. The Morgan fingerprint density at radius 3 is 2.55 bits per heavy atom. The Hall–Kier alpha value is -0.540. The van der Waals surface area contributed by atoms with Gasteiger partial charge in [-0.15, -0.1) is 4.83 Å². The van der Waals surface area contributed by atoms with Gasteiger partial charge in [0.15, 0.2) is 0 Å². The van der Waals surface area contributed by atoms with Crippen molar-refractivity contribution in [2.75, 3.05) is 13.1 Å². The lowest BCUT2D eigenvalue weighted by atomic mass is 10.2. The van der Waals surface area contributed by atoms with E-state index < -0.39 is 27.3 Å². The van der Waals surface area contributed by atoms with Gasteiger partial charge in [0.2, 0.25) is 0 Å². The van der Waals surface area contributed by atoms with Gasteiger partial charge in [-0.05, 0) is 25.0 Å². The number of nitrogens with zero attached hydrogens (tertiary/aromatic N) is 1. The SMILES string of the molecule is O=S(=O)(NN1CCCCC1)c1cc(Br)cc(CO)c1F. The molecule has 0 saturated carbocycles. The monoisotopic (exact) mass is 366 g/mol. The molecule has 8 heteroatoms. The Morgan fingerprint density at radius 1 is 1.30 bits per heavy atom. The number of halogens is 2. The summed E-state index contributed by atoms with van der Waals surface area (Å²) in [6.45, 7) is 0.668. The summed E-state index contributed by atoms with van der Waals surface area (Å²) in [5.74, 6) is -0.916. The molecule has 0 bridgehead atoms. The van der Waals surface area contributed by atoms with Crippen LogP contribution in [0.2, 0.25) is 0 Å². The van der Waals surface area contributed by atoms with Crippen molar-refractivity contribution >= 4 is 26.0 Å². The molecule has 2 N–H and O–H groups in total. The number of benzene rings is 1. The predicted molar refractivity (Wildman–Crippen MR) is 75.8 cm³/mol. The number of nitrogens with one attached hydrogen (secondary N) is 1. The van der Waals surface area contributed by atoms with Crippen molar-refractivity contribution in [2.24, 2.45) is 0 Å². The third kappa shape index (κ3) is 3.56. The molecule has 1 fully saturated rings. The number of hydrazine groups is 1. The Kier molecular flexibility index (Phi) is 5.14. The van der Waals surface area contributed by atoms with E-state index in [1.807, 2.05) is 0 Å². The van der Waals surface area contributed by atoms with Gasteiger partial charge in [0.25, 0.3) is 10.0 Å². The fourth-order valence-corrected chi connectivity index (χ4v) is 4.06. The lowest BCUT2D eigenvalue weighted by Gasteiger charge is -2.26. The lowest BCUT2D eigenvalue weighted by molar-refractivity contribution is 0.199. The fourth-order valence-electron chi connectivity index (χ4n) is 2.13. The predicted octanol–water partition coefficient (Wildman–Crippen LogP) is 1.76. The maximum Gasteiger partial charge on any atom is 0.256 e. The second-order valence-electron chi connectivity index (χ2n) is 4.68. The standard InChI is InChI=1S/C12H16BrFN2O3S/c13-10-6-9(8-17)12(14)11(7-10)20(18,19)15-16-4-2-1-3-5-16/h6-7,15,17H,1-5,8H2. The average Bonchev–Trinajstić information content (AvgIpc) is 2.41. The van der Waals surface area contributed by atoms with Crippen LogP contribution in [0.25, 0.3) is 0 Å². The van der Waals surface area contributed by atoms with Gasteiger partial charge in [0, 0.05) is 23.1 Å². The van der Waals surface area contributed by atoms with Crippen LogP contribution in [0.3, 0.4) is 0 Å². The fraction of sp³-hybridized carbons (Fsp3) is 0.500. The molecular weight excluding hydrogens is 351 g/mol. The third-order valence-corrected chi connectivity index (χ3v) is 4.98. The molecule has 0 radical (unpaired) electrons. The summed E-state index contributed by atoms with van der Waals surface area (Å²) >= 11 is 3.12. The highest BCUT2D eigenvalue weighted by molar-refractivity contribution is 9.10. The summed E-state index contributed by atoms with van der Waals surface area (Å²) < 4.78 is 39.0. The van der Waals surface area contributed by atoms with Crippen molar-refractivity contribution in [1.82, 2.24) is 9.84 Å². The van der Waals surface area contributed by atoms with Gasteiger partial charge < -0.3 is 5.11 Å². The van der Waals surface area contributed by atoms with Gasteiger partial charge in [-0.1, -0.05) is 22.4 Å². The number of sulfonamides is 1. The second-order valence-corrected chi connectivity index (χ2v) is 7.22. The quantitative estimate of drug-likeness (QED) is 0.851. The molecule has 2 rings (SSSR count). The number of rotatable bonds is 4. The second kappa shape index (κ2) is 6.48. The third-order valence-electron chi connectivity index (χ3n) is 3.14. The van der Waals surface area contributed by atoms with E-state index in [-0.39, 0.29) is 5.56 Å². The zero-order valence-electron chi connectivity index (χ0n) is 10.8. The van der Waals surface area contributed by atoms with Crippen molar-refractivity contribution in [1.29, 1.82) is 0 Å². The molecule has 0 atom stereocenters. The highest BCUT2D eigenvalue weighted by Gasteiger charge is 2.25. The summed E-state index contributed by atoms with van der Waals surface area (Å²) in [6.07, 6.45) is 2.88. The van der Waals surface area contributed by atoms with Crippen molar-refractivity contribution < 1.29 is 17.9 Å². The van der Waals surface area contributed by atoms with E-state index in [1.54, 1.807) is 5.01 Å². The van der Waals surface area contributed by atoms with Gasteiger partial charge >= 0.3 is 0 Å². The molecule has 1 aliphatic rings. The highest BCUT2D eigenvalue weighted by Crippen LogP contribution is 2.24. The number of hydrogen-bond donors (Lipinski definition) is 2. The van der Waals surface area contributed by atoms with Crippen LogP contribution in [0.15, 0.2) is 21.5 Å². The van der Waals surface area contributed by atoms with Gasteiger partial charge in [-0.25, -0.2) is 17.8 Å². The maximum absolute atomic E-state index is 14.1. The molecule has 1 heterocycles. The minimum absolute atomic E-state index is 0.0570. The van der Waals surface area contributed by atoms with E-state index in [4.69, 9.17) is 5.11 Å². The van der Waals surface area contributed by atoms with E-state index in [9.17, 15) is 12.8 Å². The van der Waals surface area contributed by atoms with Gasteiger partial charge in [0.1, 0.15) is 10.7 Å². The van der Waals surface area contributed by atoms with E-state index in [0.29, 0.717) is 17.6 Å². The largest absolute Gasteiger partial charge is 0.392 e. The smallest absolute Gasteiger partial charge is 0.256 e. The first-order valence-corrected chi connectivity index (χ1v) is 8.58. The molecule has 20 heavy (non-hydrogen) atoms. The van der Waals surface area contributed by atoms with Crippen LogP contribution in [-0.2, 0) is 16.6 Å². The Labute approximate surface area is 125 Å². The molecule has 1 aliphatic heterocycles. The first kappa shape index (κ1) is 15.8. The van der Waals surface area contributed by atoms with Crippen molar-refractivity contribution in [3.8, 4) is 0 Å². The highest BCUT2D eigenvalue weighted by atomic mass is 79.9. The lowest BCUT2D eigenvalue weighted by Crippen LogP contribution is -2.45. The zero-order chi connectivity index (χ0) is 14.8. The van der Waals surface area contributed by atoms with Gasteiger partial charge in [0.05, 0.1) is 6.61 Å². The van der Waals surface area contributed by atoms with Crippen LogP contribution in [-0.4, -0.2) is 31.6 Å². The molecule has 1 saturated heterocycles. The average molecular weight is 367 g/mol.